The summed E-state index contributed by atoms with van der Waals surface area (Å²) in [7, 11) is 0. The van der Waals surface area contributed by atoms with Crippen LogP contribution < -0.4 is 10.6 Å². The van der Waals surface area contributed by atoms with E-state index in [9.17, 15) is 9.90 Å². The number of urea groups is 1. The molecule has 21 heavy (non-hydrogen) atoms. The average Bonchev–Trinajstić information content (AvgIpc) is 3.01. The summed E-state index contributed by atoms with van der Waals surface area (Å²) in [6.45, 7) is 2.32. The first-order valence-corrected chi connectivity index (χ1v) is 7.72. The number of carbonyl (C=O) groups is 1. The molecule has 0 aliphatic heterocycles. The first-order valence-electron chi connectivity index (χ1n) is 6.84. The van der Waals surface area contributed by atoms with Gasteiger partial charge in [0, 0.05) is 17.5 Å². The molecule has 1 aliphatic carbocycles. The number of fused-ring (bicyclic) bond motifs is 1. The number of thiazole rings is 1. The second-order valence-electron chi connectivity index (χ2n) is 5.16. The highest BCUT2D eigenvalue weighted by Crippen LogP contribution is 2.31. The third-order valence-electron chi connectivity index (χ3n) is 3.56. The van der Waals surface area contributed by atoms with Gasteiger partial charge in [0.15, 0.2) is 0 Å². The minimum atomic E-state index is -0.574. The normalized spacial score (nSPS) is 20.1. The van der Waals surface area contributed by atoms with Crippen molar-refractivity contribution in [1.82, 2.24) is 15.6 Å². The highest BCUT2D eigenvalue weighted by molar-refractivity contribution is 7.09. The van der Waals surface area contributed by atoms with Crippen molar-refractivity contribution >= 4 is 17.4 Å². The van der Waals surface area contributed by atoms with Gasteiger partial charge in [-0.15, -0.1) is 11.3 Å². The van der Waals surface area contributed by atoms with Gasteiger partial charge in [-0.25, -0.2) is 9.78 Å². The molecule has 0 radical (unpaired) electrons. The Morgan fingerprint density at radius 2 is 2.29 bits per heavy atom. The van der Waals surface area contributed by atoms with E-state index in [1.807, 2.05) is 36.6 Å². The van der Waals surface area contributed by atoms with Crippen molar-refractivity contribution in [2.75, 3.05) is 0 Å². The van der Waals surface area contributed by atoms with Crippen LogP contribution >= 0.6 is 11.3 Å². The van der Waals surface area contributed by atoms with Gasteiger partial charge in [0.05, 0.1) is 18.7 Å². The molecule has 1 aromatic heterocycles. The van der Waals surface area contributed by atoms with Crippen molar-refractivity contribution < 1.29 is 9.90 Å². The topological polar surface area (TPSA) is 74.2 Å². The SMILES string of the molecule is Cc1csc(CNC(=O)N[C@@H]2c3ccccc3C[C@@H]2O)n1. The highest BCUT2D eigenvalue weighted by Gasteiger charge is 2.31. The number of aryl methyl sites for hydroxylation is 1. The zero-order chi connectivity index (χ0) is 14.8. The molecule has 2 atom stereocenters. The molecule has 0 saturated carbocycles. The van der Waals surface area contributed by atoms with E-state index in [1.165, 1.54) is 11.3 Å². The lowest BCUT2D eigenvalue weighted by Crippen LogP contribution is -2.40. The Bertz CT molecular complexity index is 656. The van der Waals surface area contributed by atoms with Crippen LogP contribution in [0.15, 0.2) is 29.6 Å². The number of nitrogens with zero attached hydrogens (tertiary/aromatic N) is 1. The van der Waals surface area contributed by atoms with Gasteiger partial charge in [0.25, 0.3) is 0 Å². The number of aromatic nitrogens is 1. The smallest absolute Gasteiger partial charge is 0.315 e. The van der Waals surface area contributed by atoms with E-state index in [0.717, 1.165) is 21.8 Å². The van der Waals surface area contributed by atoms with Crippen molar-refractivity contribution in [3.63, 3.8) is 0 Å². The van der Waals surface area contributed by atoms with Gasteiger partial charge >= 0.3 is 6.03 Å². The molecule has 0 fully saturated rings. The Balaban J connectivity index is 1.60. The fraction of sp³-hybridized carbons (Fsp3) is 0.333. The molecular formula is C15H17N3O2S. The molecule has 3 rings (SSSR count). The van der Waals surface area contributed by atoms with Crippen molar-refractivity contribution in [3.8, 4) is 0 Å². The molecular weight excluding hydrogens is 286 g/mol. The van der Waals surface area contributed by atoms with Gasteiger partial charge in [-0.3, -0.25) is 0 Å². The van der Waals surface area contributed by atoms with Crippen LogP contribution in [0.25, 0.3) is 0 Å². The largest absolute Gasteiger partial charge is 0.390 e. The third kappa shape index (κ3) is 3.06. The Hall–Kier alpha value is -1.92. The van der Waals surface area contributed by atoms with Gasteiger partial charge in [0.2, 0.25) is 0 Å². The second kappa shape index (κ2) is 5.83. The van der Waals surface area contributed by atoms with Gasteiger partial charge in [-0.1, -0.05) is 24.3 Å². The van der Waals surface area contributed by atoms with Crippen LogP contribution in [0.3, 0.4) is 0 Å². The molecule has 1 aliphatic rings. The van der Waals surface area contributed by atoms with E-state index < -0.39 is 6.10 Å². The zero-order valence-corrected chi connectivity index (χ0v) is 12.5. The maximum atomic E-state index is 12.0. The molecule has 0 unspecified atom stereocenters. The first kappa shape index (κ1) is 14.0. The number of nitrogens with one attached hydrogen (secondary N) is 2. The maximum Gasteiger partial charge on any atom is 0.315 e. The molecule has 1 aromatic carbocycles. The molecule has 6 heteroatoms. The molecule has 2 aromatic rings. The molecule has 0 saturated heterocycles. The molecule has 110 valence electrons. The number of aliphatic hydroxyl groups is 1. The minimum Gasteiger partial charge on any atom is -0.390 e. The number of rotatable bonds is 3. The van der Waals surface area contributed by atoms with E-state index >= 15 is 0 Å². The molecule has 1 heterocycles. The summed E-state index contributed by atoms with van der Waals surface area (Å²) in [5, 5.41) is 18.5. The van der Waals surface area contributed by atoms with E-state index in [1.54, 1.807) is 0 Å². The number of amides is 2. The summed E-state index contributed by atoms with van der Waals surface area (Å²) in [5.74, 6) is 0. The lowest BCUT2D eigenvalue weighted by Gasteiger charge is -2.18. The van der Waals surface area contributed by atoms with Crippen LogP contribution in [-0.2, 0) is 13.0 Å². The van der Waals surface area contributed by atoms with Crippen LogP contribution in [-0.4, -0.2) is 22.2 Å². The summed E-state index contributed by atoms with van der Waals surface area (Å²) in [4.78, 5) is 16.3. The predicted octanol–water partition coefficient (Wildman–Crippen LogP) is 1.91. The van der Waals surface area contributed by atoms with E-state index in [2.05, 4.69) is 15.6 Å². The first-order chi connectivity index (χ1) is 10.1. The fourth-order valence-corrected chi connectivity index (χ4v) is 3.29. The number of carbonyl (C=O) groups excluding carboxylic acids is 1. The summed E-state index contributed by atoms with van der Waals surface area (Å²) < 4.78 is 0. The number of benzene rings is 1. The quantitative estimate of drug-likeness (QED) is 0.811. The molecule has 2 amide bonds. The summed E-state index contributed by atoms with van der Waals surface area (Å²) in [5.41, 5.74) is 3.04. The lowest BCUT2D eigenvalue weighted by molar-refractivity contribution is 0.142. The molecule has 3 N–H and O–H groups in total. The van der Waals surface area contributed by atoms with Crippen LogP contribution in [0.1, 0.15) is 27.9 Å². The van der Waals surface area contributed by atoms with Gasteiger partial charge in [0.1, 0.15) is 5.01 Å². The van der Waals surface area contributed by atoms with Gasteiger partial charge in [-0.05, 0) is 18.1 Å². The summed E-state index contributed by atoms with van der Waals surface area (Å²) in [6, 6.07) is 7.15. The van der Waals surface area contributed by atoms with Crippen LogP contribution in [0, 0.1) is 6.92 Å². The lowest BCUT2D eigenvalue weighted by atomic mass is 10.1. The standard InChI is InChI=1S/C15H17N3O2S/c1-9-8-21-13(17-9)7-16-15(20)18-14-11-5-3-2-4-10(11)6-12(14)19/h2-5,8,12,14,19H,6-7H2,1H3,(H2,16,18,20)/t12-,14+/m0/s1. The minimum absolute atomic E-state index is 0.288. The van der Waals surface area contributed by atoms with Crippen LogP contribution in [0.2, 0.25) is 0 Å². The highest BCUT2D eigenvalue weighted by atomic mass is 32.1. The number of hydrogen-bond acceptors (Lipinski definition) is 4. The number of hydrogen-bond donors (Lipinski definition) is 3. The second-order valence-corrected chi connectivity index (χ2v) is 6.10. The van der Waals surface area contributed by atoms with Crippen molar-refractivity contribution in [1.29, 1.82) is 0 Å². The third-order valence-corrected chi connectivity index (χ3v) is 4.52. The summed E-state index contributed by atoms with van der Waals surface area (Å²) >= 11 is 1.52. The zero-order valence-electron chi connectivity index (χ0n) is 11.7. The van der Waals surface area contributed by atoms with Gasteiger partial charge in [-0.2, -0.15) is 0 Å². The van der Waals surface area contributed by atoms with Crippen LogP contribution in [0.4, 0.5) is 4.79 Å². The Labute approximate surface area is 127 Å². The van der Waals surface area contributed by atoms with Crippen molar-refractivity contribution in [2.45, 2.75) is 32.0 Å². The predicted molar refractivity (Wildman–Crippen MR) is 81.1 cm³/mol. The van der Waals surface area contributed by atoms with E-state index in [4.69, 9.17) is 0 Å². The van der Waals surface area contributed by atoms with Gasteiger partial charge < -0.3 is 15.7 Å². The monoisotopic (exact) mass is 303 g/mol. The van der Waals surface area contributed by atoms with Crippen LogP contribution in [0.5, 0.6) is 0 Å². The maximum absolute atomic E-state index is 12.0. The molecule has 0 bridgehead atoms. The van der Waals surface area contributed by atoms with Crippen molar-refractivity contribution in [3.05, 3.63) is 51.5 Å². The van der Waals surface area contributed by atoms with E-state index in [-0.39, 0.29) is 12.1 Å². The average molecular weight is 303 g/mol. The molecule has 5 nitrogen and oxygen atoms in total. The summed E-state index contributed by atoms with van der Waals surface area (Å²) in [6.07, 6.45) is 0.00235. The Morgan fingerprint density at radius 1 is 1.48 bits per heavy atom. The molecule has 0 spiro atoms. The fourth-order valence-electron chi connectivity index (χ4n) is 2.58. The van der Waals surface area contributed by atoms with Crippen molar-refractivity contribution in [2.24, 2.45) is 0 Å². The number of aliphatic hydroxyl groups excluding tert-OH is 1. The Kier molecular flexibility index (Phi) is 3.90. The Morgan fingerprint density at radius 3 is 3.05 bits per heavy atom. The van der Waals surface area contributed by atoms with E-state index in [0.29, 0.717) is 13.0 Å².